The van der Waals surface area contributed by atoms with Gasteiger partial charge in [-0.05, 0) is 30.5 Å². The normalized spacial score (nSPS) is 18.4. The summed E-state index contributed by atoms with van der Waals surface area (Å²) in [6.45, 7) is 9.53. The average molecular weight is 405 g/mol. The summed E-state index contributed by atoms with van der Waals surface area (Å²) in [5.41, 5.74) is 7.29. The fraction of sp³-hybridized carbons (Fsp3) is 0.588. The molecule has 2 rings (SSSR count). The van der Waals surface area contributed by atoms with Gasteiger partial charge in [-0.25, -0.2) is 0 Å². The van der Waals surface area contributed by atoms with Crippen LogP contribution < -0.4 is 5.73 Å². The van der Waals surface area contributed by atoms with Crippen LogP contribution in [0, 0.1) is 5.92 Å². The van der Waals surface area contributed by atoms with E-state index >= 15 is 0 Å². The van der Waals surface area contributed by atoms with E-state index in [4.69, 9.17) is 5.73 Å². The number of carbonyl (C=O) groups excluding carboxylic acids is 1. The summed E-state index contributed by atoms with van der Waals surface area (Å²) in [7, 11) is 0. The fourth-order valence-electron chi connectivity index (χ4n) is 2.78. The molecule has 4 nitrogen and oxygen atoms in total. The summed E-state index contributed by atoms with van der Waals surface area (Å²) in [5, 5.41) is 0. The number of carbonyl (C=O) groups is 1. The Morgan fingerprint density at radius 3 is 2.09 bits per heavy atom. The fourth-order valence-corrected chi connectivity index (χ4v) is 3.04. The average Bonchev–Trinajstić information content (AvgIpc) is 2.53. The molecule has 1 unspecified atom stereocenters. The van der Waals surface area contributed by atoms with Crippen LogP contribution in [0.1, 0.15) is 32.4 Å². The SMILES string of the molecule is CC(C)[C@H](N)C(=O)N1CCN(C(C)c2ccc(Br)cc2)CC1.Cl. The van der Waals surface area contributed by atoms with E-state index in [9.17, 15) is 4.79 Å². The van der Waals surface area contributed by atoms with Crippen LogP contribution in [0.4, 0.5) is 0 Å². The van der Waals surface area contributed by atoms with Crippen molar-refractivity contribution in [2.45, 2.75) is 32.9 Å². The lowest BCUT2D eigenvalue weighted by molar-refractivity contribution is -0.135. The molecule has 6 heteroatoms. The standard InChI is InChI=1S/C17H26BrN3O.ClH/c1-12(2)16(19)17(22)21-10-8-20(9-11-21)13(3)14-4-6-15(18)7-5-14;/h4-7,12-13,16H,8-11,19H2,1-3H3;1H/t13?,16-;/m0./s1. The molecule has 0 radical (unpaired) electrons. The zero-order chi connectivity index (χ0) is 16.3. The van der Waals surface area contributed by atoms with Crippen molar-refractivity contribution in [1.82, 2.24) is 9.80 Å². The van der Waals surface area contributed by atoms with Gasteiger partial charge in [-0.3, -0.25) is 9.69 Å². The number of amides is 1. The predicted molar refractivity (Wildman–Crippen MR) is 101 cm³/mol. The van der Waals surface area contributed by atoms with Gasteiger partial charge in [0.25, 0.3) is 0 Å². The summed E-state index contributed by atoms with van der Waals surface area (Å²) in [5.74, 6) is 0.276. The Labute approximate surface area is 153 Å². The topological polar surface area (TPSA) is 49.6 Å². The molecule has 1 aliphatic rings. The lowest BCUT2D eigenvalue weighted by Crippen LogP contribution is -2.54. The molecule has 130 valence electrons. The van der Waals surface area contributed by atoms with Crippen molar-refractivity contribution in [3.63, 3.8) is 0 Å². The number of hydrogen-bond acceptors (Lipinski definition) is 3. The van der Waals surface area contributed by atoms with E-state index in [-0.39, 0.29) is 30.3 Å². The summed E-state index contributed by atoms with van der Waals surface area (Å²) in [4.78, 5) is 16.6. The maximum atomic E-state index is 12.3. The molecule has 0 aromatic heterocycles. The summed E-state index contributed by atoms with van der Waals surface area (Å²) < 4.78 is 1.10. The van der Waals surface area contributed by atoms with Crippen LogP contribution in [0.5, 0.6) is 0 Å². The van der Waals surface area contributed by atoms with E-state index in [1.165, 1.54) is 5.56 Å². The number of halogens is 2. The van der Waals surface area contributed by atoms with Crippen LogP contribution in [-0.4, -0.2) is 47.9 Å². The number of hydrogen-bond donors (Lipinski definition) is 1. The number of piperazine rings is 1. The maximum Gasteiger partial charge on any atom is 0.239 e. The van der Waals surface area contributed by atoms with Gasteiger partial charge >= 0.3 is 0 Å². The van der Waals surface area contributed by atoms with Gasteiger partial charge in [0.1, 0.15) is 0 Å². The minimum absolute atomic E-state index is 0. The molecule has 1 fully saturated rings. The zero-order valence-corrected chi connectivity index (χ0v) is 16.4. The van der Waals surface area contributed by atoms with Gasteiger partial charge in [0, 0.05) is 36.7 Å². The molecular weight excluding hydrogens is 378 g/mol. The number of rotatable bonds is 4. The second-order valence-electron chi connectivity index (χ2n) is 6.36. The highest BCUT2D eigenvalue weighted by molar-refractivity contribution is 9.10. The largest absolute Gasteiger partial charge is 0.339 e. The Balaban J connectivity index is 0.00000264. The van der Waals surface area contributed by atoms with Gasteiger partial charge in [-0.1, -0.05) is 41.9 Å². The van der Waals surface area contributed by atoms with Crippen LogP contribution in [0.2, 0.25) is 0 Å². The third kappa shape index (κ3) is 5.18. The van der Waals surface area contributed by atoms with E-state index in [0.717, 1.165) is 30.7 Å². The van der Waals surface area contributed by atoms with Crippen molar-refractivity contribution in [1.29, 1.82) is 0 Å². The molecule has 2 atom stereocenters. The first-order valence-corrected chi connectivity index (χ1v) is 8.73. The highest BCUT2D eigenvalue weighted by Gasteiger charge is 2.28. The molecule has 0 aliphatic carbocycles. The smallest absolute Gasteiger partial charge is 0.239 e. The van der Waals surface area contributed by atoms with E-state index in [2.05, 4.69) is 52.0 Å². The first kappa shape index (κ1) is 20.4. The second kappa shape index (κ2) is 9.02. The first-order chi connectivity index (χ1) is 10.4. The minimum Gasteiger partial charge on any atom is -0.339 e. The summed E-state index contributed by atoms with van der Waals surface area (Å²) >= 11 is 3.47. The Kier molecular flexibility index (Phi) is 8.01. The molecule has 1 aliphatic heterocycles. The summed E-state index contributed by atoms with van der Waals surface area (Å²) in [6.07, 6.45) is 0. The van der Waals surface area contributed by atoms with Gasteiger partial charge in [-0.15, -0.1) is 12.4 Å². The number of nitrogens with two attached hydrogens (primary N) is 1. The molecule has 1 amide bonds. The van der Waals surface area contributed by atoms with Crippen molar-refractivity contribution < 1.29 is 4.79 Å². The van der Waals surface area contributed by atoms with Crippen molar-refractivity contribution in [2.75, 3.05) is 26.2 Å². The molecule has 1 aromatic carbocycles. The van der Waals surface area contributed by atoms with Crippen LogP contribution in [-0.2, 0) is 4.79 Å². The Bertz CT molecular complexity index is 501. The van der Waals surface area contributed by atoms with Gasteiger partial charge < -0.3 is 10.6 Å². The first-order valence-electron chi connectivity index (χ1n) is 7.94. The van der Waals surface area contributed by atoms with E-state index < -0.39 is 0 Å². The zero-order valence-electron chi connectivity index (χ0n) is 14.0. The van der Waals surface area contributed by atoms with Crippen molar-refractivity contribution in [2.24, 2.45) is 11.7 Å². The molecule has 23 heavy (non-hydrogen) atoms. The third-order valence-corrected chi connectivity index (χ3v) is 5.06. The lowest BCUT2D eigenvalue weighted by atomic mass is 10.0. The Morgan fingerprint density at radius 2 is 1.61 bits per heavy atom. The highest BCUT2D eigenvalue weighted by Crippen LogP contribution is 2.23. The quantitative estimate of drug-likeness (QED) is 0.839. The predicted octanol–water partition coefficient (Wildman–Crippen LogP) is 3.06. The van der Waals surface area contributed by atoms with E-state index in [0.29, 0.717) is 6.04 Å². The number of nitrogens with zero attached hydrogens (tertiary/aromatic N) is 2. The molecule has 2 N–H and O–H groups in total. The van der Waals surface area contributed by atoms with E-state index in [1.54, 1.807) is 0 Å². The van der Waals surface area contributed by atoms with Crippen molar-refractivity contribution in [3.8, 4) is 0 Å². The van der Waals surface area contributed by atoms with Gasteiger partial charge in [0.15, 0.2) is 0 Å². The van der Waals surface area contributed by atoms with Crippen LogP contribution in [0.3, 0.4) is 0 Å². The van der Waals surface area contributed by atoms with Gasteiger partial charge in [-0.2, -0.15) is 0 Å². The minimum atomic E-state index is -0.379. The van der Waals surface area contributed by atoms with Crippen LogP contribution in [0.15, 0.2) is 28.7 Å². The molecular formula is C17H27BrClN3O. The number of benzene rings is 1. The third-order valence-electron chi connectivity index (χ3n) is 4.53. The monoisotopic (exact) mass is 403 g/mol. The molecule has 1 saturated heterocycles. The lowest BCUT2D eigenvalue weighted by Gasteiger charge is -2.39. The highest BCUT2D eigenvalue weighted by atomic mass is 79.9. The molecule has 0 bridgehead atoms. The maximum absolute atomic E-state index is 12.3. The van der Waals surface area contributed by atoms with Crippen molar-refractivity contribution in [3.05, 3.63) is 34.3 Å². The van der Waals surface area contributed by atoms with Crippen molar-refractivity contribution >= 4 is 34.2 Å². The second-order valence-corrected chi connectivity index (χ2v) is 7.27. The Morgan fingerprint density at radius 1 is 1.09 bits per heavy atom. The molecule has 1 aromatic rings. The molecule has 0 spiro atoms. The van der Waals surface area contributed by atoms with Gasteiger partial charge in [0.05, 0.1) is 6.04 Å². The van der Waals surface area contributed by atoms with E-state index in [1.807, 2.05) is 18.7 Å². The summed E-state index contributed by atoms with van der Waals surface area (Å²) in [6, 6.07) is 8.45. The van der Waals surface area contributed by atoms with Gasteiger partial charge in [0.2, 0.25) is 5.91 Å². The molecule has 0 saturated carbocycles. The Hall–Kier alpha value is -0.620. The van der Waals surface area contributed by atoms with Crippen LogP contribution in [0.25, 0.3) is 0 Å². The van der Waals surface area contributed by atoms with Crippen LogP contribution >= 0.6 is 28.3 Å². The molecule has 1 heterocycles.